The van der Waals surface area contributed by atoms with Crippen molar-refractivity contribution in [3.8, 4) is 5.88 Å². The van der Waals surface area contributed by atoms with Gasteiger partial charge >= 0.3 is 0 Å². The topological polar surface area (TPSA) is 81.2 Å². The third kappa shape index (κ3) is 3.49. The van der Waals surface area contributed by atoms with Gasteiger partial charge in [0, 0.05) is 12.6 Å². The molecular formula is C12H13N3O3S. The average Bonchev–Trinajstić information content (AvgIpc) is 2.46. The molecule has 0 aliphatic carbocycles. The zero-order valence-corrected chi connectivity index (χ0v) is 11.1. The lowest BCUT2D eigenvalue weighted by Gasteiger charge is -2.06. The number of methoxy groups -OCH3 is 1. The number of nitrogens with zero attached hydrogens (tertiary/aromatic N) is 2. The van der Waals surface area contributed by atoms with Crippen LogP contribution in [0.5, 0.6) is 5.88 Å². The molecule has 0 aliphatic rings. The number of hydrogen-bond donors (Lipinski definition) is 1. The number of hydrogen-bond acceptors (Lipinski definition) is 5. The summed E-state index contributed by atoms with van der Waals surface area (Å²) in [6, 6.07) is 12.0. The van der Waals surface area contributed by atoms with E-state index in [9.17, 15) is 8.42 Å². The van der Waals surface area contributed by atoms with E-state index in [1.807, 2.05) is 30.3 Å². The van der Waals surface area contributed by atoms with Gasteiger partial charge in [-0.1, -0.05) is 30.3 Å². The molecule has 0 bridgehead atoms. The van der Waals surface area contributed by atoms with Crippen LogP contribution < -0.4 is 9.46 Å². The van der Waals surface area contributed by atoms with Crippen molar-refractivity contribution in [1.82, 2.24) is 14.9 Å². The quantitative estimate of drug-likeness (QED) is 0.881. The normalized spacial score (nSPS) is 11.2. The Balaban J connectivity index is 2.09. The van der Waals surface area contributed by atoms with Crippen LogP contribution in [0.15, 0.2) is 47.5 Å². The molecule has 7 heteroatoms. The van der Waals surface area contributed by atoms with Crippen LogP contribution in [0.3, 0.4) is 0 Å². The van der Waals surface area contributed by atoms with Gasteiger partial charge in [-0.05, 0) is 11.6 Å². The van der Waals surface area contributed by atoms with Gasteiger partial charge in [0.15, 0.2) is 5.03 Å². The summed E-state index contributed by atoms with van der Waals surface area (Å²) in [5.41, 5.74) is 0.868. The van der Waals surface area contributed by atoms with Crippen LogP contribution in [0, 0.1) is 0 Å². The van der Waals surface area contributed by atoms with Gasteiger partial charge in [0.05, 0.1) is 7.11 Å². The first-order chi connectivity index (χ1) is 9.12. The van der Waals surface area contributed by atoms with Gasteiger partial charge in [0.2, 0.25) is 5.88 Å². The molecule has 100 valence electrons. The van der Waals surface area contributed by atoms with Crippen LogP contribution in [-0.4, -0.2) is 25.7 Å². The minimum Gasteiger partial charge on any atom is -0.480 e. The first kappa shape index (κ1) is 13.4. The van der Waals surface area contributed by atoms with Crippen LogP contribution in [-0.2, 0) is 16.6 Å². The Morgan fingerprint density at radius 3 is 2.42 bits per heavy atom. The fraction of sp³-hybridized carbons (Fsp3) is 0.167. The monoisotopic (exact) mass is 279 g/mol. The molecule has 1 N–H and O–H groups in total. The smallest absolute Gasteiger partial charge is 0.260 e. The predicted molar refractivity (Wildman–Crippen MR) is 69.1 cm³/mol. The van der Waals surface area contributed by atoms with Crippen molar-refractivity contribution >= 4 is 10.0 Å². The molecule has 1 aromatic carbocycles. The van der Waals surface area contributed by atoms with Crippen molar-refractivity contribution in [2.45, 2.75) is 11.6 Å². The number of aromatic nitrogens is 2. The Kier molecular flexibility index (Phi) is 4.08. The molecule has 19 heavy (non-hydrogen) atoms. The van der Waals surface area contributed by atoms with Crippen molar-refractivity contribution in [1.29, 1.82) is 0 Å². The molecule has 0 radical (unpaired) electrons. The largest absolute Gasteiger partial charge is 0.480 e. The van der Waals surface area contributed by atoms with Crippen LogP contribution in [0.1, 0.15) is 5.56 Å². The van der Waals surface area contributed by atoms with E-state index in [0.717, 1.165) is 5.56 Å². The van der Waals surface area contributed by atoms with Crippen molar-refractivity contribution in [2.24, 2.45) is 0 Å². The molecule has 2 rings (SSSR count). The van der Waals surface area contributed by atoms with Gasteiger partial charge in [-0.3, -0.25) is 0 Å². The van der Waals surface area contributed by atoms with E-state index in [-0.39, 0.29) is 17.5 Å². The summed E-state index contributed by atoms with van der Waals surface area (Å²) in [4.78, 5) is 0. The first-order valence-electron chi connectivity index (χ1n) is 5.53. The second-order valence-corrected chi connectivity index (χ2v) is 5.44. The van der Waals surface area contributed by atoms with E-state index >= 15 is 0 Å². The Hall–Kier alpha value is -1.99. The first-order valence-corrected chi connectivity index (χ1v) is 7.01. The standard InChI is InChI=1S/C12H13N3O3S/c1-18-11-7-8-12(15-14-11)19(16,17)13-9-10-5-3-2-4-6-10/h2-8,13H,9H2,1H3. The second kappa shape index (κ2) is 5.77. The number of sulfonamides is 1. The van der Waals surface area contributed by atoms with E-state index in [2.05, 4.69) is 14.9 Å². The maximum atomic E-state index is 12.0. The van der Waals surface area contributed by atoms with Gasteiger partial charge in [-0.15, -0.1) is 10.2 Å². The van der Waals surface area contributed by atoms with E-state index in [0.29, 0.717) is 0 Å². The Bertz CT molecular complexity index is 627. The Labute approximate surface area is 111 Å². The van der Waals surface area contributed by atoms with E-state index in [1.165, 1.54) is 19.2 Å². The predicted octanol–water partition coefficient (Wildman–Crippen LogP) is 0.964. The zero-order valence-electron chi connectivity index (χ0n) is 10.3. The molecular weight excluding hydrogens is 266 g/mol. The number of benzene rings is 1. The SMILES string of the molecule is COc1ccc(S(=O)(=O)NCc2ccccc2)nn1. The van der Waals surface area contributed by atoms with Gasteiger partial charge < -0.3 is 4.74 Å². The third-order valence-electron chi connectivity index (χ3n) is 2.41. The molecule has 0 aliphatic heterocycles. The molecule has 2 aromatic rings. The summed E-state index contributed by atoms with van der Waals surface area (Å²) in [6.07, 6.45) is 0. The maximum Gasteiger partial charge on any atom is 0.260 e. The highest BCUT2D eigenvalue weighted by Crippen LogP contribution is 2.09. The van der Waals surface area contributed by atoms with Crippen LogP contribution in [0.25, 0.3) is 0 Å². The molecule has 0 saturated carbocycles. The highest BCUT2D eigenvalue weighted by Gasteiger charge is 2.16. The Morgan fingerprint density at radius 2 is 1.84 bits per heavy atom. The fourth-order valence-electron chi connectivity index (χ4n) is 1.41. The molecule has 0 saturated heterocycles. The lowest BCUT2D eigenvalue weighted by molar-refractivity contribution is 0.389. The Morgan fingerprint density at radius 1 is 1.11 bits per heavy atom. The van der Waals surface area contributed by atoms with Crippen LogP contribution >= 0.6 is 0 Å². The molecule has 6 nitrogen and oxygen atoms in total. The fourth-order valence-corrected chi connectivity index (χ4v) is 2.31. The van der Waals surface area contributed by atoms with Crippen molar-refractivity contribution < 1.29 is 13.2 Å². The summed E-state index contributed by atoms with van der Waals surface area (Å²) in [5.74, 6) is 0.266. The molecule has 0 fully saturated rings. The van der Waals surface area contributed by atoms with Crippen molar-refractivity contribution in [3.05, 3.63) is 48.0 Å². The van der Waals surface area contributed by atoms with Crippen LogP contribution in [0.4, 0.5) is 0 Å². The lowest BCUT2D eigenvalue weighted by Crippen LogP contribution is -2.24. The minimum absolute atomic E-state index is 0.135. The number of rotatable bonds is 5. The van der Waals surface area contributed by atoms with E-state index in [1.54, 1.807) is 0 Å². The zero-order chi connectivity index (χ0) is 13.7. The van der Waals surface area contributed by atoms with Crippen LogP contribution in [0.2, 0.25) is 0 Å². The van der Waals surface area contributed by atoms with Crippen molar-refractivity contribution in [3.63, 3.8) is 0 Å². The van der Waals surface area contributed by atoms with Crippen molar-refractivity contribution in [2.75, 3.05) is 7.11 Å². The summed E-state index contributed by atoms with van der Waals surface area (Å²) in [5, 5.41) is 7.10. The summed E-state index contributed by atoms with van der Waals surface area (Å²) in [7, 11) is -2.23. The third-order valence-corrected chi connectivity index (χ3v) is 3.70. The molecule has 1 aromatic heterocycles. The maximum absolute atomic E-state index is 12.0. The molecule has 0 unspecified atom stereocenters. The second-order valence-electron chi connectivity index (χ2n) is 3.72. The summed E-state index contributed by atoms with van der Waals surface area (Å²) in [6.45, 7) is 0.205. The molecule has 0 atom stereocenters. The average molecular weight is 279 g/mol. The summed E-state index contributed by atoms with van der Waals surface area (Å²) >= 11 is 0. The number of nitrogens with one attached hydrogen (secondary N) is 1. The molecule has 0 amide bonds. The van der Waals surface area contributed by atoms with Gasteiger partial charge in [-0.2, -0.15) is 0 Å². The highest BCUT2D eigenvalue weighted by molar-refractivity contribution is 7.89. The van der Waals surface area contributed by atoms with Gasteiger partial charge in [0.1, 0.15) is 0 Å². The number of ether oxygens (including phenoxy) is 1. The lowest BCUT2D eigenvalue weighted by atomic mass is 10.2. The van der Waals surface area contributed by atoms with E-state index < -0.39 is 10.0 Å². The van der Waals surface area contributed by atoms with E-state index in [4.69, 9.17) is 4.74 Å². The van der Waals surface area contributed by atoms with Gasteiger partial charge in [-0.25, -0.2) is 13.1 Å². The minimum atomic E-state index is -3.66. The van der Waals surface area contributed by atoms with Gasteiger partial charge in [0.25, 0.3) is 10.0 Å². The highest BCUT2D eigenvalue weighted by atomic mass is 32.2. The summed E-state index contributed by atoms with van der Waals surface area (Å²) < 4.78 is 31.2. The molecule has 0 spiro atoms. The molecule has 1 heterocycles.